The molecule has 8 heteroatoms. The molecule has 1 heterocycles. The number of non-ortho nitro benzene ring substituents is 1. The normalized spacial score (nSPS) is 11.6. The Kier molecular flexibility index (Phi) is 3.34. The summed E-state index contributed by atoms with van der Waals surface area (Å²) in [6.45, 7) is 5.28. The van der Waals surface area contributed by atoms with Gasteiger partial charge in [0.1, 0.15) is 0 Å². The van der Waals surface area contributed by atoms with Gasteiger partial charge in [0.25, 0.3) is 5.69 Å². The fraction of sp³-hybridized carbons (Fsp3) is 0.333. The van der Waals surface area contributed by atoms with E-state index in [0.717, 1.165) is 4.90 Å². The van der Waals surface area contributed by atoms with Crippen LogP contribution in [0, 0.1) is 10.1 Å². The molecule has 1 amide bonds. The summed E-state index contributed by atoms with van der Waals surface area (Å²) >= 11 is 1.19. The Morgan fingerprint density at radius 3 is 2.60 bits per heavy atom. The summed E-state index contributed by atoms with van der Waals surface area (Å²) in [4.78, 5) is 27.0. The van der Waals surface area contributed by atoms with Crippen LogP contribution in [-0.4, -0.2) is 26.6 Å². The van der Waals surface area contributed by atoms with Crippen LogP contribution >= 0.6 is 11.3 Å². The van der Waals surface area contributed by atoms with Crippen LogP contribution in [0.2, 0.25) is 0 Å². The number of carboxylic acid groups (broad SMARTS) is 1. The molecule has 1 aromatic heterocycles. The quantitative estimate of drug-likeness (QED) is 0.675. The van der Waals surface area contributed by atoms with E-state index in [1.165, 1.54) is 23.5 Å². The predicted molar refractivity (Wildman–Crippen MR) is 76.5 cm³/mol. The van der Waals surface area contributed by atoms with E-state index in [4.69, 9.17) is 0 Å². The summed E-state index contributed by atoms with van der Waals surface area (Å²) in [5.74, 6) is 0. The maximum Gasteiger partial charge on any atom is 0.414 e. The molecule has 0 aliphatic heterocycles. The molecule has 0 spiro atoms. The number of fused-ring (bicyclic) bond motifs is 1. The number of anilines is 1. The molecule has 0 saturated carbocycles. The maximum atomic E-state index is 11.4. The maximum absolute atomic E-state index is 11.4. The summed E-state index contributed by atoms with van der Waals surface area (Å²) in [5.41, 5.74) is -0.285. The first-order chi connectivity index (χ1) is 9.20. The van der Waals surface area contributed by atoms with Gasteiger partial charge < -0.3 is 5.11 Å². The van der Waals surface area contributed by atoms with Gasteiger partial charge in [-0.15, -0.1) is 0 Å². The minimum Gasteiger partial charge on any atom is -0.465 e. The Bertz CT molecular complexity index is 690. The van der Waals surface area contributed by atoms with E-state index in [1.54, 1.807) is 26.8 Å². The van der Waals surface area contributed by atoms with Gasteiger partial charge in [-0.3, -0.25) is 10.1 Å². The third-order valence-electron chi connectivity index (χ3n) is 2.62. The number of aromatic nitrogens is 1. The third-order valence-corrected chi connectivity index (χ3v) is 3.65. The SMILES string of the molecule is CC(C)(C)N(C(=O)O)c1nc2cc([N+](=O)[O-])ccc2s1. The molecule has 0 radical (unpaired) electrons. The first-order valence-corrected chi connectivity index (χ1v) is 6.60. The lowest BCUT2D eigenvalue weighted by Crippen LogP contribution is -2.45. The number of thiazole rings is 1. The zero-order valence-electron chi connectivity index (χ0n) is 11.2. The zero-order chi connectivity index (χ0) is 15.1. The van der Waals surface area contributed by atoms with Crippen molar-refractivity contribution >= 4 is 38.5 Å². The molecule has 2 aromatic rings. The molecule has 0 atom stereocenters. The monoisotopic (exact) mass is 295 g/mol. The van der Waals surface area contributed by atoms with Crippen LogP contribution in [0.5, 0.6) is 0 Å². The van der Waals surface area contributed by atoms with Gasteiger partial charge in [-0.2, -0.15) is 0 Å². The number of nitro groups is 1. The van der Waals surface area contributed by atoms with Gasteiger partial charge >= 0.3 is 6.09 Å². The molecule has 0 fully saturated rings. The van der Waals surface area contributed by atoms with Crippen LogP contribution in [0.25, 0.3) is 10.2 Å². The van der Waals surface area contributed by atoms with Crippen molar-refractivity contribution in [1.82, 2.24) is 4.98 Å². The smallest absolute Gasteiger partial charge is 0.414 e. The molecule has 0 saturated heterocycles. The van der Waals surface area contributed by atoms with Gasteiger partial charge in [0.15, 0.2) is 5.13 Å². The molecule has 1 N–H and O–H groups in total. The number of nitrogens with zero attached hydrogens (tertiary/aromatic N) is 3. The highest BCUT2D eigenvalue weighted by atomic mass is 32.1. The summed E-state index contributed by atoms with van der Waals surface area (Å²) in [7, 11) is 0. The van der Waals surface area contributed by atoms with Gasteiger partial charge in [0.05, 0.1) is 15.1 Å². The molecular weight excluding hydrogens is 282 g/mol. The second kappa shape index (κ2) is 4.71. The summed E-state index contributed by atoms with van der Waals surface area (Å²) in [6.07, 6.45) is -1.11. The Morgan fingerprint density at radius 1 is 1.45 bits per heavy atom. The lowest BCUT2D eigenvalue weighted by Gasteiger charge is -2.30. The molecule has 1 aromatic carbocycles. The van der Waals surface area contributed by atoms with Crippen LogP contribution in [0.15, 0.2) is 18.2 Å². The predicted octanol–water partition coefficient (Wildman–Crippen LogP) is 3.49. The van der Waals surface area contributed by atoms with Gasteiger partial charge in [-0.05, 0) is 26.8 Å². The Hall–Kier alpha value is -2.22. The minimum atomic E-state index is -1.11. The molecule has 20 heavy (non-hydrogen) atoms. The van der Waals surface area contributed by atoms with Crippen molar-refractivity contribution in [2.24, 2.45) is 0 Å². The Morgan fingerprint density at radius 2 is 2.10 bits per heavy atom. The summed E-state index contributed by atoms with van der Waals surface area (Å²) < 4.78 is 0.709. The Balaban J connectivity index is 2.55. The van der Waals surface area contributed by atoms with E-state index >= 15 is 0 Å². The molecule has 7 nitrogen and oxygen atoms in total. The average molecular weight is 295 g/mol. The first-order valence-electron chi connectivity index (χ1n) is 5.78. The van der Waals surface area contributed by atoms with E-state index in [9.17, 15) is 20.0 Å². The molecule has 0 unspecified atom stereocenters. The highest BCUT2D eigenvalue weighted by molar-refractivity contribution is 7.22. The second-order valence-electron chi connectivity index (χ2n) is 5.19. The highest BCUT2D eigenvalue weighted by Crippen LogP contribution is 2.34. The standard InChI is InChI=1S/C12H13N3O4S/c1-12(2,3)14(11(16)17)10-13-8-6-7(15(18)19)4-5-9(8)20-10/h4-6H,1-3H3,(H,16,17). The van der Waals surface area contributed by atoms with Crippen molar-refractivity contribution < 1.29 is 14.8 Å². The number of carbonyl (C=O) groups is 1. The van der Waals surface area contributed by atoms with Crippen molar-refractivity contribution in [1.29, 1.82) is 0 Å². The minimum absolute atomic E-state index is 0.0630. The van der Waals surface area contributed by atoms with Gasteiger partial charge in [0, 0.05) is 17.7 Å². The van der Waals surface area contributed by atoms with Crippen molar-refractivity contribution in [2.45, 2.75) is 26.3 Å². The van der Waals surface area contributed by atoms with Crippen LogP contribution in [-0.2, 0) is 0 Å². The Labute approximate surface area is 118 Å². The van der Waals surface area contributed by atoms with Crippen molar-refractivity contribution in [2.75, 3.05) is 4.90 Å². The van der Waals surface area contributed by atoms with Crippen molar-refractivity contribution in [3.63, 3.8) is 0 Å². The van der Waals surface area contributed by atoms with E-state index in [-0.39, 0.29) is 5.69 Å². The van der Waals surface area contributed by atoms with E-state index in [1.807, 2.05) is 0 Å². The van der Waals surface area contributed by atoms with Crippen molar-refractivity contribution in [3.8, 4) is 0 Å². The number of benzene rings is 1. The summed E-state index contributed by atoms with van der Waals surface area (Å²) in [5, 5.41) is 20.4. The number of hydrogen-bond donors (Lipinski definition) is 1. The lowest BCUT2D eigenvalue weighted by molar-refractivity contribution is -0.384. The van der Waals surface area contributed by atoms with E-state index in [2.05, 4.69) is 4.98 Å². The summed E-state index contributed by atoms with van der Waals surface area (Å²) in [6, 6.07) is 4.31. The van der Waals surface area contributed by atoms with E-state index in [0.29, 0.717) is 15.3 Å². The number of amides is 1. The second-order valence-corrected chi connectivity index (χ2v) is 6.20. The number of nitro benzene ring substituents is 1. The lowest BCUT2D eigenvalue weighted by atomic mass is 10.1. The van der Waals surface area contributed by atoms with Gasteiger partial charge in [-0.25, -0.2) is 14.7 Å². The third kappa shape index (κ3) is 2.55. The molecule has 0 aliphatic carbocycles. The number of hydrogen-bond acceptors (Lipinski definition) is 5. The molecule has 0 aliphatic rings. The molecule has 106 valence electrons. The van der Waals surface area contributed by atoms with Crippen LogP contribution in [0.3, 0.4) is 0 Å². The van der Waals surface area contributed by atoms with Crippen molar-refractivity contribution in [3.05, 3.63) is 28.3 Å². The van der Waals surface area contributed by atoms with Crippen LogP contribution < -0.4 is 4.90 Å². The fourth-order valence-electron chi connectivity index (χ4n) is 1.77. The van der Waals surface area contributed by atoms with Gasteiger partial charge in [-0.1, -0.05) is 11.3 Å². The fourth-order valence-corrected chi connectivity index (χ4v) is 2.90. The zero-order valence-corrected chi connectivity index (χ0v) is 12.0. The molecule has 0 bridgehead atoms. The van der Waals surface area contributed by atoms with Crippen LogP contribution in [0.4, 0.5) is 15.6 Å². The van der Waals surface area contributed by atoms with Gasteiger partial charge in [0.2, 0.25) is 0 Å². The molecular formula is C12H13N3O4S. The van der Waals surface area contributed by atoms with E-state index < -0.39 is 16.6 Å². The molecule has 2 rings (SSSR count). The average Bonchev–Trinajstić information content (AvgIpc) is 2.67. The first kappa shape index (κ1) is 14.2. The highest BCUT2D eigenvalue weighted by Gasteiger charge is 2.30. The number of rotatable bonds is 2. The topological polar surface area (TPSA) is 96.6 Å². The van der Waals surface area contributed by atoms with Crippen LogP contribution in [0.1, 0.15) is 20.8 Å². The largest absolute Gasteiger partial charge is 0.465 e.